The van der Waals surface area contributed by atoms with Crippen molar-refractivity contribution < 1.29 is 4.79 Å². The molecule has 17 heavy (non-hydrogen) atoms. The van der Waals surface area contributed by atoms with Gasteiger partial charge in [-0.1, -0.05) is 47.7 Å². The Labute approximate surface area is 113 Å². The van der Waals surface area contributed by atoms with E-state index < -0.39 is 0 Å². The van der Waals surface area contributed by atoms with E-state index in [1.807, 2.05) is 6.92 Å². The summed E-state index contributed by atoms with van der Waals surface area (Å²) >= 11 is 4.56. The van der Waals surface area contributed by atoms with E-state index in [9.17, 15) is 4.79 Å². The molecule has 7 heteroatoms. The molecule has 1 N–H and O–H groups in total. The number of hydrogen-bond acceptors (Lipinski definition) is 6. The molecule has 0 aliphatic rings. The standard InChI is InChI=1S/C10H13N3OS3/c1-4-6-11-8(14)7(3)16-10-13-12-9(17-10)15-5-2/h1,7H,5-6H2,2-3H3,(H,11,14). The average Bonchev–Trinajstić information content (AvgIpc) is 2.74. The Morgan fingerprint density at radius 2 is 2.29 bits per heavy atom. The van der Waals surface area contributed by atoms with Crippen LogP contribution in [-0.4, -0.2) is 33.7 Å². The Bertz CT molecular complexity index is 413. The van der Waals surface area contributed by atoms with Crippen LogP contribution in [0.2, 0.25) is 0 Å². The molecule has 1 unspecified atom stereocenters. The minimum Gasteiger partial charge on any atom is -0.344 e. The molecule has 1 rings (SSSR count). The molecule has 0 radical (unpaired) electrons. The number of carbonyl (C=O) groups excluding carboxylic acids is 1. The quantitative estimate of drug-likeness (QED) is 0.639. The van der Waals surface area contributed by atoms with Crippen molar-refractivity contribution in [2.45, 2.75) is 27.8 Å². The Hall–Kier alpha value is -0.710. The first-order valence-electron chi connectivity index (χ1n) is 5.01. The monoisotopic (exact) mass is 287 g/mol. The van der Waals surface area contributed by atoms with E-state index in [1.165, 1.54) is 23.1 Å². The third kappa shape index (κ3) is 4.98. The average molecular weight is 287 g/mol. The van der Waals surface area contributed by atoms with E-state index in [0.717, 1.165) is 14.4 Å². The lowest BCUT2D eigenvalue weighted by molar-refractivity contribution is -0.120. The lowest BCUT2D eigenvalue weighted by Gasteiger charge is -2.07. The molecule has 0 spiro atoms. The Morgan fingerprint density at radius 1 is 1.59 bits per heavy atom. The van der Waals surface area contributed by atoms with Gasteiger partial charge in [-0.25, -0.2) is 0 Å². The summed E-state index contributed by atoms with van der Waals surface area (Å²) in [5, 5.41) is 10.5. The van der Waals surface area contributed by atoms with Crippen LogP contribution in [0.25, 0.3) is 0 Å². The zero-order valence-corrected chi connectivity index (χ0v) is 12.0. The smallest absolute Gasteiger partial charge is 0.234 e. The summed E-state index contributed by atoms with van der Waals surface area (Å²) in [6.07, 6.45) is 5.07. The minimum atomic E-state index is -0.212. The molecule has 0 saturated heterocycles. The number of carbonyl (C=O) groups is 1. The van der Waals surface area contributed by atoms with Crippen LogP contribution in [0, 0.1) is 12.3 Å². The molecule has 1 heterocycles. The highest BCUT2D eigenvalue weighted by atomic mass is 32.2. The number of hydrogen-bond donors (Lipinski definition) is 1. The number of rotatable bonds is 6. The fraction of sp³-hybridized carbons (Fsp3) is 0.500. The van der Waals surface area contributed by atoms with Gasteiger partial charge in [0.25, 0.3) is 0 Å². The fourth-order valence-corrected chi connectivity index (χ4v) is 4.00. The Kier molecular flexibility index (Phi) is 6.40. The summed E-state index contributed by atoms with van der Waals surface area (Å²) in [6, 6.07) is 0. The number of thioether (sulfide) groups is 2. The second-order valence-corrected chi connectivity index (χ2v) is 7.03. The summed E-state index contributed by atoms with van der Waals surface area (Å²) < 4.78 is 1.75. The van der Waals surface area contributed by atoms with E-state index in [0.29, 0.717) is 0 Å². The van der Waals surface area contributed by atoms with E-state index in [2.05, 4.69) is 28.4 Å². The van der Waals surface area contributed by atoms with Gasteiger partial charge in [0, 0.05) is 0 Å². The summed E-state index contributed by atoms with van der Waals surface area (Å²) in [7, 11) is 0. The predicted octanol–water partition coefficient (Wildman–Crippen LogP) is 1.88. The number of aromatic nitrogens is 2. The first-order valence-corrected chi connectivity index (χ1v) is 7.69. The van der Waals surface area contributed by atoms with Gasteiger partial charge in [0.15, 0.2) is 8.68 Å². The molecule has 0 fully saturated rings. The highest BCUT2D eigenvalue weighted by Crippen LogP contribution is 2.30. The number of nitrogens with zero attached hydrogens (tertiary/aromatic N) is 2. The Morgan fingerprint density at radius 3 is 2.94 bits per heavy atom. The maximum absolute atomic E-state index is 11.6. The molecule has 4 nitrogen and oxygen atoms in total. The lowest BCUT2D eigenvalue weighted by Crippen LogP contribution is -2.30. The summed E-state index contributed by atoms with van der Waals surface area (Å²) in [6.45, 7) is 4.15. The molecule has 0 bridgehead atoms. The van der Waals surface area contributed by atoms with Crippen molar-refractivity contribution in [1.82, 2.24) is 15.5 Å². The summed E-state index contributed by atoms with van der Waals surface area (Å²) in [5.41, 5.74) is 0. The van der Waals surface area contributed by atoms with Crippen molar-refractivity contribution in [3.8, 4) is 12.3 Å². The fourth-order valence-electron chi connectivity index (χ4n) is 0.913. The number of nitrogens with one attached hydrogen (secondary N) is 1. The van der Waals surface area contributed by atoms with E-state index >= 15 is 0 Å². The first kappa shape index (κ1) is 14.4. The molecule has 0 aliphatic carbocycles. The molecule has 92 valence electrons. The van der Waals surface area contributed by atoms with Crippen LogP contribution in [-0.2, 0) is 4.79 Å². The maximum atomic E-state index is 11.6. The van der Waals surface area contributed by atoms with Crippen molar-refractivity contribution in [1.29, 1.82) is 0 Å². The summed E-state index contributed by atoms with van der Waals surface area (Å²) in [5.74, 6) is 3.26. The molecule has 0 aromatic carbocycles. The molecule has 1 aromatic heterocycles. The molecular formula is C10H13N3OS3. The molecule has 0 aliphatic heterocycles. The van der Waals surface area contributed by atoms with Gasteiger partial charge >= 0.3 is 0 Å². The third-order valence-electron chi connectivity index (χ3n) is 1.67. The third-order valence-corrected chi connectivity index (χ3v) is 4.79. The minimum absolute atomic E-state index is 0.0761. The van der Waals surface area contributed by atoms with Crippen LogP contribution < -0.4 is 5.32 Å². The van der Waals surface area contributed by atoms with Crippen molar-refractivity contribution in [2.24, 2.45) is 0 Å². The van der Waals surface area contributed by atoms with Crippen LogP contribution >= 0.6 is 34.9 Å². The maximum Gasteiger partial charge on any atom is 0.234 e. The van der Waals surface area contributed by atoms with Crippen molar-refractivity contribution in [2.75, 3.05) is 12.3 Å². The van der Waals surface area contributed by atoms with Crippen LogP contribution in [0.15, 0.2) is 8.68 Å². The molecule has 1 aromatic rings. The van der Waals surface area contributed by atoms with Gasteiger partial charge in [-0.05, 0) is 12.7 Å². The zero-order chi connectivity index (χ0) is 12.7. The summed E-state index contributed by atoms with van der Waals surface area (Å²) in [4.78, 5) is 11.6. The van der Waals surface area contributed by atoms with Crippen LogP contribution in [0.4, 0.5) is 0 Å². The topological polar surface area (TPSA) is 54.9 Å². The molecular weight excluding hydrogens is 274 g/mol. The lowest BCUT2D eigenvalue weighted by atomic mass is 10.4. The Balaban J connectivity index is 2.46. The highest BCUT2D eigenvalue weighted by Gasteiger charge is 2.16. The predicted molar refractivity (Wildman–Crippen MR) is 73.5 cm³/mol. The van der Waals surface area contributed by atoms with Gasteiger partial charge < -0.3 is 5.32 Å². The van der Waals surface area contributed by atoms with Crippen LogP contribution in [0.1, 0.15) is 13.8 Å². The number of terminal acetylenes is 1. The molecule has 1 amide bonds. The van der Waals surface area contributed by atoms with Gasteiger partial charge in [0.1, 0.15) is 0 Å². The van der Waals surface area contributed by atoms with E-state index in [1.54, 1.807) is 11.8 Å². The van der Waals surface area contributed by atoms with Crippen molar-refractivity contribution >= 4 is 40.8 Å². The second kappa shape index (κ2) is 7.58. The van der Waals surface area contributed by atoms with Crippen molar-refractivity contribution in [3.63, 3.8) is 0 Å². The largest absolute Gasteiger partial charge is 0.344 e. The van der Waals surface area contributed by atoms with Gasteiger partial charge in [-0.15, -0.1) is 16.6 Å². The highest BCUT2D eigenvalue weighted by molar-refractivity contribution is 8.03. The first-order chi connectivity index (χ1) is 8.17. The second-order valence-electron chi connectivity index (χ2n) is 2.95. The van der Waals surface area contributed by atoms with Crippen LogP contribution in [0.5, 0.6) is 0 Å². The van der Waals surface area contributed by atoms with Gasteiger partial charge in [0.2, 0.25) is 5.91 Å². The molecule has 0 saturated carbocycles. The SMILES string of the molecule is C#CCNC(=O)C(C)Sc1nnc(SCC)s1. The zero-order valence-electron chi connectivity index (χ0n) is 9.60. The number of amides is 1. The van der Waals surface area contributed by atoms with Crippen LogP contribution in [0.3, 0.4) is 0 Å². The normalized spacial score (nSPS) is 11.8. The molecule has 1 atom stereocenters. The van der Waals surface area contributed by atoms with Crippen molar-refractivity contribution in [3.05, 3.63) is 0 Å². The van der Waals surface area contributed by atoms with Gasteiger partial charge in [-0.2, -0.15) is 0 Å². The van der Waals surface area contributed by atoms with E-state index in [4.69, 9.17) is 6.42 Å². The van der Waals surface area contributed by atoms with Gasteiger partial charge in [0.05, 0.1) is 11.8 Å². The van der Waals surface area contributed by atoms with E-state index in [-0.39, 0.29) is 17.7 Å². The van der Waals surface area contributed by atoms with Gasteiger partial charge in [-0.3, -0.25) is 4.79 Å².